The Morgan fingerprint density at radius 3 is 2.84 bits per heavy atom. The Morgan fingerprint density at radius 1 is 1.28 bits per heavy atom. The highest BCUT2D eigenvalue weighted by Gasteiger charge is 2.18. The summed E-state index contributed by atoms with van der Waals surface area (Å²) >= 11 is 9.15. The van der Waals surface area contributed by atoms with Gasteiger partial charge in [-0.1, -0.05) is 29.0 Å². The first-order chi connectivity index (χ1) is 12.0. The van der Waals surface area contributed by atoms with Crippen LogP contribution in [0, 0.1) is 0 Å². The number of nitrogens with zero attached hydrogens (tertiary/aromatic N) is 3. The second-order valence-electron chi connectivity index (χ2n) is 5.75. The van der Waals surface area contributed by atoms with E-state index in [2.05, 4.69) is 4.98 Å². The first-order valence-electron chi connectivity index (χ1n) is 7.77. The van der Waals surface area contributed by atoms with Crippen molar-refractivity contribution < 1.29 is 4.79 Å². The van der Waals surface area contributed by atoms with Crippen LogP contribution in [-0.2, 0) is 4.79 Å². The van der Waals surface area contributed by atoms with E-state index < -0.39 is 0 Å². The molecule has 0 aliphatic heterocycles. The van der Waals surface area contributed by atoms with Crippen molar-refractivity contribution in [1.82, 2.24) is 9.88 Å². The minimum absolute atomic E-state index is 0.0691. The third-order valence-electron chi connectivity index (χ3n) is 3.54. The Bertz CT molecular complexity index is 887. The predicted molar refractivity (Wildman–Crippen MR) is 109 cm³/mol. The van der Waals surface area contributed by atoms with Gasteiger partial charge in [0.15, 0.2) is 5.13 Å². The monoisotopic (exact) mass is 391 g/mol. The predicted octanol–water partition coefficient (Wildman–Crippen LogP) is 4.62. The van der Waals surface area contributed by atoms with Crippen LogP contribution in [0.1, 0.15) is 4.88 Å². The van der Waals surface area contributed by atoms with Crippen molar-refractivity contribution in [2.45, 2.75) is 0 Å². The lowest BCUT2D eigenvalue weighted by atomic mass is 10.3. The maximum atomic E-state index is 12.8. The number of carbonyl (C=O) groups excluding carboxylic acids is 1. The Kier molecular flexibility index (Phi) is 5.86. The van der Waals surface area contributed by atoms with Gasteiger partial charge in [-0.15, -0.1) is 11.3 Å². The van der Waals surface area contributed by atoms with Gasteiger partial charge in [-0.3, -0.25) is 9.69 Å². The summed E-state index contributed by atoms with van der Waals surface area (Å²) in [6, 6.07) is 9.53. The van der Waals surface area contributed by atoms with E-state index in [-0.39, 0.29) is 5.91 Å². The third kappa shape index (κ3) is 4.67. The zero-order valence-corrected chi connectivity index (χ0v) is 16.4. The van der Waals surface area contributed by atoms with Gasteiger partial charge < -0.3 is 4.90 Å². The smallest absolute Gasteiger partial charge is 0.252 e. The summed E-state index contributed by atoms with van der Waals surface area (Å²) in [7, 11) is 3.98. The van der Waals surface area contributed by atoms with Crippen molar-refractivity contribution >= 4 is 61.6 Å². The number of hydrogen-bond donors (Lipinski definition) is 0. The maximum absolute atomic E-state index is 12.8. The van der Waals surface area contributed by atoms with Gasteiger partial charge in [-0.2, -0.15) is 0 Å². The molecule has 2 aromatic heterocycles. The van der Waals surface area contributed by atoms with Gasteiger partial charge in [-0.25, -0.2) is 4.98 Å². The highest BCUT2D eigenvalue weighted by Crippen LogP contribution is 2.31. The van der Waals surface area contributed by atoms with E-state index in [9.17, 15) is 4.79 Å². The summed E-state index contributed by atoms with van der Waals surface area (Å²) in [4.78, 5) is 22.2. The van der Waals surface area contributed by atoms with Crippen molar-refractivity contribution in [2.75, 3.05) is 32.1 Å². The summed E-state index contributed by atoms with van der Waals surface area (Å²) in [6.07, 6.45) is 3.46. The van der Waals surface area contributed by atoms with Gasteiger partial charge in [-0.05, 0) is 49.8 Å². The Labute approximate surface area is 160 Å². The van der Waals surface area contributed by atoms with Crippen molar-refractivity contribution in [3.63, 3.8) is 0 Å². The van der Waals surface area contributed by atoms with Crippen LogP contribution < -0.4 is 4.90 Å². The van der Waals surface area contributed by atoms with Crippen molar-refractivity contribution in [1.29, 1.82) is 0 Å². The number of thiazole rings is 1. The molecule has 4 nitrogen and oxygen atoms in total. The average Bonchev–Trinajstić information content (AvgIpc) is 3.21. The van der Waals surface area contributed by atoms with E-state index in [4.69, 9.17) is 11.6 Å². The van der Waals surface area contributed by atoms with Gasteiger partial charge in [0.05, 0.1) is 10.2 Å². The number of likely N-dealkylation sites (N-methyl/N-ethyl adjacent to an activating group) is 1. The quantitative estimate of drug-likeness (QED) is 0.575. The van der Waals surface area contributed by atoms with E-state index in [1.807, 2.05) is 60.8 Å². The molecule has 0 atom stereocenters. The number of halogens is 1. The molecule has 0 saturated carbocycles. The van der Waals surface area contributed by atoms with Crippen LogP contribution in [0.4, 0.5) is 5.13 Å². The van der Waals surface area contributed by atoms with Crippen LogP contribution >= 0.6 is 34.3 Å². The zero-order chi connectivity index (χ0) is 17.8. The molecule has 0 bridgehead atoms. The summed E-state index contributed by atoms with van der Waals surface area (Å²) in [5, 5.41) is 3.36. The maximum Gasteiger partial charge on any atom is 0.252 e. The van der Waals surface area contributed by atoms with Gasteiger partial charge >= 0.3 is 0 Å². The standard InChI is InChI=1S/C18H18ClN3OS2/c1-21(2)9-10-22(17(23)8-6-14-4-3-11-24-14)18-20-15-7-5-13(19)12-16(15)25-18/h3-8,11-12H,9-10H2,1-2H3. The Balaban J connectivity index is 1.88. The fourth-order valence-corrected chi connectivity index (χ4v) is 4.12. The van der Waals surface area contributed by atoms with Gasteiger partial charge in [0.2, 0.25) is 0 Å². The molecule has 0 N–H and O–H groups in total. The van der Waals surface area contributed by atoms with Crippen LogP contribution in [0.25, 0.3) is 16.3 Å². The molecular weight excluding hydrogens is 374 g/mol. The molecule has 0 saturated heterocycles. The van der Waals surface area contributed by atoms with Crippen LogP contribution in [0.5, 0.6) is 0 Å². The molecule has 25 heavy (non-hydrogen) atoms. The number of amides is 1. The number of anilines is 1. The molecule has 0 fully saturated rings. The molecule has 3 aromatic rings. The normalized spacial score (nSPS) is 11.7. The minimum atomic E-state index is -0.0691. The summed E-state index contributed by atoms with van der Waals surface area (Å²) < 4.78 is 0.979. The van der Waals surface area contributed by atoms with Crippen molar-refractivity contribution in [2.24, 2.45) is 0 Å². The van der Waals surface area contributed by atoms with Crippen LogP contribution in [-0.4, -0.2) is 43.0 Å². The van der Waals surface area contributed by atoms with E-state index in [1.54, 1.807) is 22.3 Å². The first-order valence-corrected chi connectivity index (χ1v) is 9.84. The molecule has 2 heterocycles. The average molecular weight is 392 g/mol. The molecule has 0 spiro atoms. The molecule has 0 radical (unpaired) electrons. The number of carbonyl (C=O) groups is 1. The van der Waals surface area contributed by atoms with E-state index in [0.29, 0.717) is 16.7 Å². The van der Waals surface area contributed by atoms with Gasteiger partial charge in [0, 0.05) is 29.1 Å². The van der Waals surface area contributed by atoms with E-state index in [0.717, 1.165) is 21.6 Å². The summed E-state index contributed by atoms with van der Waals surface area (Å²) in [5.74, 6) is -0.0691. The number of benzene rings is 1. The van der Waals surface area contributed by atoms with Gasteiger partial charge in [0.25, 0.3) is 5.91 Å². The number of hydrogen-bond acceptors (Lipinski definition) is 5. The van der Waals surface area contributed by atoms with Crippen LogP contribution in [0.3, 0.4) is 0 Å². The number of thiophene rings is 1. The van der Waals surface area contributed by atoms with Crippen molar-refractivity contribution in [3.05, 3.63) is 51.7 Å². The molecule has 130 valence electrons. The lowest BCUT2D eigenvalue weighted by Gasteiger charge is -2.20. The van der Waals surface area contributed by atoms with Crippen LogP contribution in [0.2, 0.25) is 5.02 Å². The lowest BCUT2D eigenvalue weighted by Crippen LogP contribution is -2.35. The highest BCUT2D eigenvalue weighted by atomic mass is 35.5. The van der Waals surface area contributed by atoms with Gasteiger partial charge in [0.1, 0.15) is 0 Å². The topological polar surface area (TPSA) is 36.4 Å². The molecule has 0 aliphatic rings. The zero-order valence-electron chi connectivity index (χ0n) is 14.0. The molecule has 1 aromatic carbocycles. The fraction of sp³-hybridized carbons (Fsp3) is 0.222. The third-order valence-corrected chi connectivity index (χ3v) is 5.65. The molecule has 1 amide bonds. The summed E-state index contributed by atoms with van der Waals surface area (Å²) in [5.41, 5.74) is 0.856. The molecule has 3 rings (SSSR count). The molecule has 0 unspecified atom stereocenters. The van der Waals surface area contributed by atoms with E-state index >= 15 is 0 Å². The van der Waals surface area contributed by atoms with Crippen LogP contribution in [0.15, 0.2) is 41.8 Å². The van der Waals surface area contributed by atoms with Crippen molar-refractivity contribution in [3.8, 4) is 0 Å². The number of aromatic nitrogens is 1. The highest BCUT2D eigenvalue weighted by molar-refractivity contribution is 7.22. The minimum Gasteiger partial charge on any atom is -0.308 e. The second-order valence-corrected chi connectivity index (χ2v) is 8.18. The molecule has 7 heteroatoms. The lowest BCUT2D eigenvalue weighted by molar-refractivity contribution is -0.114. The largest absolute Gasteiger partial charge is 0.308 e. The second kappa shape index (κ2) is 8.10. The Morgan fingerprint density at radius 2 is 2.12 bits per heavy atom. The fourth-order valence-electron chi connectivity index (χ4n) is 2.23. The summed E-state index contributed by atoms with van der Waals surface area (Å²) in [6.45, 7) is 1.34. The van der Waals surface area contributed by atoms with E-state index in [1.165, 1.54) is 11.3 Å². The molecular formula is C18H18ClN3OS2. The molecule has 0 aliphatic carbocycles. The number of rotatable bonds is 6. The SMILES string of the molecule is CN(C)CCN(C(=O)C=Cc1cccs1)c1nc2ccc(Cl)cc2s1. The number of fused-ring (bicyclic) bond motifs is 1. The first kappa shape index (κ1) is 18.1. The Hall–Kier alpha value is -1.73.